The van der Waals surface area contributed by atoms with Gasteiger partial charge in [0.05, 0.1) is 0 Å². The molecule has 1 aliphatic rings. The maximum atomic E-state index is 9.76. The molecule has 4 N–H and O–H groups in total. The predicted octanol–water partition coefficient (Wildman–Crippen LogP) is 5.03. The number of aromatic hydroxyl groups is 4. The van der Waals surface area contributed by atoms with Crippen molar-refractivity contribution in [1.82, 2.24) is 9.80 Å². The predicted molar refractivity (Wildman–Crippen MR) is 137 cm³/mol. The Morgan fingerprint density at radius 3 is 2.18 bits per heavy atom. The molecule has 1 aliphatic heterocycles. The van der Waals surface area contributed by atoms with Crippen molar-refractivity contribution in [2.45, 2.75) is 70.8 Å². The Kier molecular flexibility index (Phi) is 10.4. The van der Waals surface area contributed by atoms with Gasteiger partial charge in [0.25, 0.3) is 0 Å². The molecule has 1 fully saturated rings. The Bertz CT molecular complexity index is 889. The van der Waals surface area contributed by atoms with E-state index >= 15 is 0 Å². The molecule has 1 atom stereocenters. The molecule has 0 saturated carbocycles. The van der Waals surface area contributed by atoms with Crippen LogP contribution in [0.5, 0.6) is 23.0 Å². The van der Waals surface area contributed by atoms with Crippen LogP contribution in [0.1, 0.15) is 63.0 Å². The van der Waals surface area contributed by atoms with Gasteiger partial charge in [0, 0.05) is 12.6 Å². The molecule has 3 rings (SSSR count). The zero-order valence-corrected chi connectivity index (χ0v) is 20.6. The molecular weight excluding hydrogens is 428 g/mol. The van der Waals surface area contributed by atoms with E-state index < -0.39 is 0 Å². The van der Waals surface area contributed by atoms with Crippen molar-refractivity contribution in [3.05, 3.63) is 47.5 Å². The van der Waals surface area contributed by atoms with Crippen LogP contribution in [0.15, 0.2) is 36.4 Å². The summed E-state index contributed by atoms with van der Waals surface area (Å²) in [7, 11) is 0. The topological polar surface area (TPSA) is 87.4 Å². The van der Waals surface area contributed by atoms with Crippen molar-refractivity contribution in [2.24, 2.45) is 0 Å². The second-order valence-electron chi connectivity index (χ2n) is 9.69. The van der Waals surface area contributed by atoms with Crippen molar-refractivity contribution in [2.75, 3.05) is 32.7 Å². The largest absolute Gasteiger partial charge is 0.504 e. The molecule has 6 heteroatoms. The van der Waals surface area contributed by atoms with Gasteiger partial charge in [-0.1, -0.05) is 31.9 Å². The van der Waals surface area contributed by atoms with Crippen LogP contribution in [0.2, 0.25) is 0 Å². The minimum absolute atomic E-state index is 0.0274. The third-order valence-electron chi connectivity index (χ3n) is 6.98. The van der Waals surface area contributed by atoms with E-state index in [1.54, 1.807) is 24.3 Å². The van der Waals surface area contributed by atoms with Gasteiger partial charge in [-0.05, 0) is 107 Å². The van der Waals surface area contributed by atoms with Gasteiger partial charge in [-0.25, -0.2) is 0 Å². The number of unbranched alkanes of at least 4 members (excludes halogenated alkanes) is 3. The summed E-state index contributed by atoms with van der Waals surface area (Å²) in [5, 5.41) is 38.5. The molecule has 0 aromatic heterocycles. The zero-order valence-electron chi connectivity index (χ0n) is 20.6. The van der Waals surface area contributed by atoms with Crippen molar-refractivity contribution in [3.8, 4) is 23.0 Å². The molecular formula is C28H42N2O4. The minimum atomic E-state index is -0.0610. The van der Waals surface area contributed by atoms with Gasteiger partial charge >= 0.3 is 0 Å². The third-order valence-corrected chi connectivity index (χ3v) is 6.98. The standard InChI is InChI=1S/C28H42N2O4/c1-2-14-29(18-13-22-9-11-25(31)27(33)20-22)15-5-3-4-6-16-30-17-7-8-24(30)19-23-10-12-26(32)28(34)21-23/h9-12,20-21,24,31-34H,2-8,13-19H2,1H3/t24-/m1/s1. The second-order valence-corrected chi connectivity index (χ2v) is 9.69. The van der Waals surface area contributed by atoms with Crippen LogP contribution < -0.4 is 0 Å². The number of phenolic OH excluding ortho intramolecular Hbond substituents is 4. The summed E-state index contributed by atoms with van der Waals surface area (Å²) in [4.78, 5) is 5.10. The molecule has 0 radical (unpaired) electrons. The smallest absolute Gasteiger partial charge is 0.157 e. The number of likely N-dealkylation sites (tertiary alicyclic amines) is 1. The Hall–Kier alpha value is -2.44. The summed E-state index contributed by atoms with van der Waals surface area (Å²) in [6, 6.07) is 10.8. The summed E-state index contributed by atoms with van der Waals surface area (Å²) in [6.07, 6.45) is 10.3. The lowest BCUT2D eigenvalue weighted by Crippen LogP contribution is -2.32. The molecule has 188 valence electrons. The fourth-order valence-electron chi connectivity index (χ4n) is 5.06. The number of hydrogen-bond acceptors (Lipinski definition) is 6. The summed E-state index contributed by atoms with van der Waals surface area (Å²) >= 11 is 0. The number of benzene rings is 2. The zero-order chi connectivity index (χ0) is 24.3. The van der Waals surface area contributed by atoms with Gasteiger partial charge in [-0.3, -0.25) is 0 Å². The first-order valence-electron chi connectivity index (χ1n) is 12.9. The van der Waals surface area contributed by atoms with Crippen molar-refractivity contribution in [1.29, 1.82) is 0 Å². The normalized spacial score (nSPS) is 16.5. The fraction of sp³-hybridized carbons (Fsp3) is 0.571. The van der Waals surface area contributed by atoms with Gasteiger partial charge < -0.3 is 30.2 Å². The summed E-state index contributed by atoms with van der Waals surface area (Å²) < 4.78 is 0. The first-order valence-corrected chi connectivity index (χ1v) is 12.9. The van der Waals surface area contributed by atoms with Crippen LogP contribution in [-0.2, 0) is 12.8 Å². The molecule has 1 heterocycles. The molecule has 1 saturated heterocycles. The van der Waals surface area contributed by atoms with Crippen molar-refractivity contribution < 1.29 is 20.4 Å². The molecule has 6 nitrogen and oxygen atoms in total. The molecule has 0 unspecified atom stereocenters. The van der Waals surface area contributed by atoms with E-state index in [0.29, 0.717) is 6.04 Å². The van der Waals surface area contributed by atoms with Crippen LogP contribution in [0.4, 0.5) is 0 Å². The highest BCUT2D eigenvalue weighted by Crippen LogP contribution is 2.28. The van der Waals surface area contributed by atoms with Crippen LogP contribution in [0.25, 0.3) is 0 Å². The van der Waals surface area contributed by atoms with Crippen molar-refractivity contribution in [3.63, 3.8) is 0 Å². The molecule has 0 bridgehead atoms. The number of hydrogen-bond donors (Lipinski definition) is 4. The van der Waals surface area contributed by atoms with Crippen LogP contribution in [0, 0.1) is 0 Å². The van der Waals surface area contributed by atoms with E-state index in [0.717, 1.165) is 63.1 Å². The van der Waals surface area contributed by atoms with Gasteiger partial charge in [-0.2, -0.15) is 0 Å². The minimum Gasteiger partial charge on any atom is -0.504 e. The SMILES string of the molecule is CCCN(CCCCCCN1CCC[C@@H]1Cc1ccc(O)c(O)c1)CCc1ccc(O)c(O)c1. The lowest BCUT2D eigenvalue weighted by molar-refractivity contribution is 0.242. The second kappa shape index (κ2) is 13.4. The Balaban J connectivity index is 1.32. The highest BCUT2D eigenvalue weighted by atomic mass is 16.3. The molecule has 34 heavy (non-hydrogen) atoms. The lowest BCUT2D eigenvalue weighted by atomic mass is 10.0. The van der Waals surface area contributed by atoms with Crippen LogP contribution in [-0.4, -0.2) is 69.0 Å². The third kappa shape index (κ3) is 8.10. The summed E-state index contributed by atoms with van der Waals surface area (Å²) in [5.41, 5.74) is 2.14. The summed E-state index contributed by atoms with van der Waals surface area (Å²) in [5.74, 6) is -0.181. The van der Waals surface area contributed by atoms with Gasteiger partial charge in [-0.15, -0.1) is 0 Å². The van der Waals surface area contributed by atoms with Gasteiger partial charge in [0.1, 0.15) is 0 Å². The Morgan fingerprint density at radius 1 is 0.794 bits per heavy atom. The molecule has 0 amide bonds. The van der Waals surface area contributed by atoms with Crippen molar-refractivity contribution >= 4 is 0 Å². The average molecular weight is 471 g/mol. The Morgan fingerprint density at radius 2 is 1.47 bits per heavy atom. The van der Waals surface area contributed by atoms with E-state index in [9.17, 15) is 20.4 Å². The van der Waals surface area contributed by atoms with Crippen LogP contribution in [0.3, 0.4) is 0 Å². The number of nitrogens with zero attached hydrogens (tertiary/aromatic N) is 2. The molecule has 0 spiro atoms. The maximum Gasteiger partial charge on any atom is 0.157 e. The van der Waals surface area contributed by atoms with Gasteiger partial charge in [0.2, 0.25) is 0 Å². The highest BCUT2D eigenvalue weighted by molar-refractivity contribution is 5.41. The first kappa shape index (κ1) is 26.2. The molecule has 2 aromatic rings. The van der Waals surface area contributed by atoms with Gasteiger partial charge in [0.15, 0.2) is 23.0 Å². The fourth-order valence-corrected chi connectivity index (χ4v) is 5.06. The Labute approximate surface area is 204 Å². The van der Waals surface area contributed by atoms with E-state index in [-0.39, 0.29) is 23.0 Å². The average Bonchev–Trinajstić information content (AvgIpc) is 3.25. The van der Waals surface area contributed by atoms with E-state index in [4.69, 9.17) is 0 Å². The van der Waals surface area contributed by atoms with Crippen LogP contribution >= 0.6 is 0 Å². The van der Waals surface area contributed by atoms with E-state index in [1.807, 2.05) is 12.1 Å². The highest BCUT2D eigenvalue weighted by Gasteiger charge is 2.24. The monoisotopic (exact) mass is 470 g/mol. The number of phenols is 4. The quantitative estimate of drug-likeness (QED) is 0.229. The van der Waals surface area contributed by atoms with E-state index in [1.165, 1.54) is 38.5 Å². The molecule has 0 aliphatic carbocycles. The summed E-state index contributed by atoms with van der Waals surface area (Å²) in [6.45, 7) is 7.68. The molecule has 2 aromatic carbocycles. The number of rotatable bonds is 14. The maximum absolute atomic E-state index is 9.76. The lowest BCUT2D eigenvalue weighted by Gasteiger charge is -2.25. The first-order chi connectivity index (χ1) is 16.5. The van der Waals surface area contributed by atoms with E-state index in [2.05, 4.69) is 16.7 Å².